The Kier molecular flexibility index (Phi) is 6.34. The summed E-state index contributed by atoms with van der Waals surface area (Å²) in [4.78, 5) is 15.3. The van der Waals surface area contributed by atoms with Crippen molar-refractivity contribution in [2.45, 2.75) is 45.8 Å². The molecule has 5 rings (SSSR count). The van der Waals surface area contributed by atoms with Crippen molar-refractivity contribution >= 4 is 11.2 Å². The molecule has 8 heteroatoms. The standard InChI is InChI=1S/C26H32N6O2/c1-4-31-9-7-21(8-10-31)32-15-20(12-29-32)22-13-27-26-25(22)30-23(14-28-26)19-5-6-24(17(2)11-19)34-16-18(3)33/h5-6,11-15,18,21,33H,4,7-10,16H2,1-3H3,(H,27,28)/t18-/m0/s1. The van der Waals surface area contributed by atoms with Gasteiger partial charge in [-0.05, 0) is 57.0 Å². The number of aromatic amines is 1. The molecule has 2 N–H and O–H groups in total. The van der Waals surface area contributed by atoms with Gasteiger partial charge in [0.25, 0.3) is 0 Å². The van der Waals surface area contributed by atoms with E-state index in [1.807, 2.05) is 37.5 Å². The second kappa shape index (κ2) is 9.56. The number of aliphatic hydroxyl groups is 1. The SMILES string of the molecule is CCN1CCC(n2cc(-c3c[nH]c4ncc(-c5ccc(OC[C@H](C)O)c(C)c5)nc34)cn2)CC1. The van der Waals surface area contributed by atoms with Crippen LogP contribution < -0.4 is 4.74 Å². The van der Waals surface area contributed by atoms with Crippen LogP contribution in [0.2, 0.25) is 0 Å². The largest absolute Gasteiger partial charge is 0.491 e. The molecule has 1 atom stereocenters. The highest BCUT2D eigenvalue weighted by Gasteiger charge is 2.21. The molecule has 34 heavy (non-hydrogen) atoms. The monoisotopic (exact) mass is 460 g/mol. The topological polar surface area (TPSA) is 92.1 Å². The number of ether oxygens (including phenoxy) is 1. The normalized spacial score (nSPS) is 16.2. The summed E-state index contributed by atoms with van der Waals surface area (Å²) in [5, 5.41) is 14.2. The van der Waals surface area contributed by atoms with Gasteiger partial charge in [0, 0.05) is 42.2 Å². The van der Waals surface area contributed by atoms with Gasteiger partial charge in [0.2, 0.25) is 0 Å². The molecule has 1 saturated heterocycles. The summed E-state index contributed by atoms with van der Waals surface area (Å²) in [5.41, 5.74) is 6.43. The van der Waals surface area contributed by atoms with Crippen molar-refractivity contribution in [3.05, 3.63) is 48.5 Å². The van der Waals surface area contributed by atoms with Gasteiger partial charge < -0.3 is 19.7 Å². The fourth-order valence-corrected chi connectivity index (χ4v) is 4.61. The lowest BCUT2D eigenvalue weighted by atomic mass is 10.1. The first-order valence-electron chi connectivity index (χ1n) is 12.0. The fraction of sp³-hybridized carbons (Fsp3) is 0.423. The van der Waals surface area contributed by atoms with Crippen molar-refractivity contribution in [3.8, 4) is 28.1 Å². The van der Waals surface area contributed by atoms with Crippen molar-refractivity contribution in [1.29, 1.82) is 0 Å². The Labute approximate surface area is 199 Å². The van der Waals surface area contributed by atoms with Crippen LogP contribution in [0.25, 0.3) is 33.5 Å². The molecule has 0 radical (unpaired) electrons. The molecule has 1 aliphatic heterocycles. The zero-order valence-electron chi connectivity index (χ0n) is 20.0. The Morgan fingerprint density at radius 2 is 2.03 bits per heavy atom. The first kappa shape index (κ1) is 22.6. The maximum absolute atomic E-state index is 9.48. The van der Waals surface area contributed by atoms with E-state index in [2.05, 4.69) is 37.8 Å². The van der Waals surface area contributed by atoms with E-state index in [0.717, 1.165) is 77.3 Å². The van der Waals surface area contributed by atoms with E-state index in [4.69, 9.17) is 9.72 Å². The number of fused-ring (bicyclic) bond motifs is 1. The van der Waals surface area contributed by atoms with E-state index in [9.17, 15) is 5.11 Å². The molecule has 0 saturated carbocycles. The van der Waals surface area contributed by atoms with Gasteiger partial charge in [0.15, 0.2) is 5.65 Å². The number of likely N-dealkylation sites (tertiary alicyclic amines) is 1. The number of aliphatic hydroxyl groups excluding tert-OH is 1. The van der Waals surface area contributed by atoms with Gasteiger partial charge in [-0.1, -0.05) is 6.92 Å². The zero-order chi connectivity index (χ0) is 23.7. The van der Waals surface area contributed by atoms with Gasteiger partial charge in [0.1, 0.15) is 17.9 Å². The Morgan fingerprint density at radius 1 is 1.21 bits per heavy atom. The maximum Gasteiger partial charge on any atom is 0.156 e. The van der Waals surface area contributed by atoms with E-state index in [1.165, 1.54) is 0 Å². The smallest absolute Gasteiger partial charge is 0.156 e. The van der Waals surface area contributed by atoms with Crippen molar-refractivity contribution < 1.29 is 9.84 Å². The lowest BCUT2D eigenvalue weighted by Crippen LogP contribution is -2.34. The predicted octanol–water partition coefficient (Wildman–Crippen LogP) is 4.21. The summed E-state index contributed by atoms with van der Waals surface area (Å²) in [7, 11) is 0. The highest BCUT2D eigenvalue weighted by Crippen LogP contribution is 2.31. The first-order valence-corrected chi connectivity index (χ1v) is 12.0. The summed E-state index contributed by atoms with van der Waals surface area (Å²) < 4.78 is 7.80. The first-order chi connectivity index (χ1) is 16.5. The third-order valence-corrected chi connectivity index (χ3v) is 6.62. The number of rotatable bonds is 7. The molecule has 4 heterocycles. The number of hydrogen-bond acceptors (Lipinski definition) is 6. The van der Waals surface area contributed by atoms with Crippen LogP contribution in [0.1, 0.15) is 38.3 Å². The second-order valence-electron chi connectivity index (χ2n) is 9.17. The lowest BCUT2D eigenvalue weighted by molar-refractivity contribution is 0.122. The van der Waals surface area contributed by atoms with Crippen molar-refractivity contribution in [1.82, 2.24) is 29.6 Å². The van der Waals surface area contributed by atoms with Gasteiger partial charge in [-0.25, -0.2) is 9.97 Å². The van der Waals surface area contributed by atoms with Crippen LogP contribution in [-0.4, -0.2) is 67.1 Å². The van der Waals surface area contributed by atoms with Gasteiger partial charge in [-0.2, -0.15) is 5.10 Å². The minimum Gasteiger partial charge on any atom is -0.491 e. The molecule has 3 aromatic heterocycles. The highest BCUT2D eigenvalue weighted by molar-refractivity contribution is 5.91. The Balaban J connectivity index is 1.40. The summed E-state index contributed by atoms with van der Waals surface area (Å²) in [6.45, 7) is 9.56. The van der Waals surface area contributed by atoms with Crippen molar-refractivity contribution in [3.63, 3.8) is 0 Å². The fourth-order valence-electron chi connectivity index (χ4n) is 4.61. The summed E-state index contributed by atoms with van der Waals surface area (Å²) in [6.07, 6.45) is 9.58. The number of H-pyrrole nitrogens is 1. The average Bonchev–Trinajstić information content (AvgIpc) is 3.50. The average molecular weight is 461 g/mol. The Morgan fingerprint density at radius 3 is 2.76 bits per heavy atom. The molecule has 0 amide bonds. The maximum atomic E-state index is 9.48. The quantitative estimate of drug-likeness (QED) is 0.429. The Hall–Kier alpha value is -3.23. The molecule has 0 bridgehead atoms. The molecule has 178 valence electrons. The summed E-state index contributed by atoms with van der Waals surface area (Å²) in [5.74, 6) is 0.762. The number of nitrogens with zero attached hydrogens (tertiary/aromatic N) is 5. The van der Waals surface area contributed by atoms with E-state index < -0.39 is 6.10 Å². The van der Waals surface area contributed by atoms with Gasteiger partial charge in [-0.3, -0.25) is 4.68 Å². The Bertz CT molecular complexity index is 1270. The van der Waals surface area contributed by atoms with Crippen LogP contribution in [-0.2, 0) is 0 Å². The summed E-state index contributed by atoms with van der Waals surface area (Å²) in [6, 6.07) is 6.39. The third-order valence-electron chi connectivity index (χ3n) is 6.62. The van der Waals surface area contributed by atoms with Crippen LogP contribution in [0, 0.1) is 6.92 Å². The third kappa shape index (κ3) is 4.56. The van der Waals surface area contributed by atoms with Crippen LogP contribution in [0.5, 0.6) is 5.75 Å². The lowest BCUT2D eigenvalue weighted by Gasteiger charge is -2.31. The van der Waals surface area contributed by atoms with Crippen LogP contribution in [0.15, 0.2) is 43.0 Å². The molecular weight excluding hydrogens is 428 g/mol. The van der Waals surface area contributed by atoms with Gasteiger partial charge in [-0.15, -0.1) is 0 Å². The molecule has 0 unspecified atom stereocenters. The molecule has 0 spiro atoms. The number of aromatic nitrogens is 5. The zero-order valence-corrected chi connectivity index (χ0v) is 20.0. The molecular formula is C26H32N6O2. The number of benzene rings is 1. The molecule has 0 aliphatic carbocycles. The highest BCUT2D eigenvalue weighted by atomic mass is 16.5. The van der Waals surface area contributed by atoms with Crippen LogP contribution >= 0.6 is 0 Å². The van der Waals surface area contributed by atoms with Crippen LogP contribution in [0.3, 0.4) is 0 Å². The second-order valence-corrected chi connectivity index (χ2v) is 9.17. The number of aryl methyl sites for hydroxylation is 1. The number of piperidine rings is 1. The molecule has 1 aliphatic rings. The van der Waals surface area contributed by atoms with Crippen LogP contribution in [0.4, 0.5) is 0 Å². The molecule has 1 fully saturated rings. The molecule has 4 aromatic rings. The minimum atomic E-state index is -0.507. The van der Waals surface area contributed by atoms with Crippen molar-refractivity contribution in [2.75, 3.05) is 26.2 Å². The van der Waals surface area contributed by atoms with E-state index >= 15 is 0 Å². The van der Waals surface area contributed by atoms with E-state index in [-0.39, 0.29) is 6.61 Å². The molecule has 1 aromatic carbocycles. The van der Waals surface area contributed by atoms with Crippen molar-refractivity contribution in [2.24, 2.45) is 0 Å². The minimum absolute atomic E-state index is 0.268. The number of nitrogens with one attached hydrogen (secondary N) is 1. The van der Waals surface area contributed by atoms with Gasteiger partial charge in [0.05, 0.1) is 30.2 Å². The van der Waals surface area contributed by atoms with Gasteiger partial charge >= 0.3 is 0 Å². The predicted molar refractivity (Wildman–Crippen MR) is 133 cm³/mol. The van der Waals surface area contributed by atoms with E-state index in [0.29, 0.717) is 6.04 Å². The van der Waals surface area contributed by atoms with E-state index in [1.54, 1.807) is 13.1 Å². The summed E-state index contributed by atoms with van der Waals surface area (Å²) >= 11 is 0. The number of hydrogen-bond donors (Lipinski definition) is 2. The molecule has 8 nitrogen and oxygen atoms in total.